The molecule has 218 valence electrons. The van der Waals surface area contributed by atoms with Gasteiger partial charge < -0.3 is 8.85 Å². The lowest BCUT2D eigenvalue weighted by molar-refractivity contribution is -0.140. The van der Waals surface area contributed by atoms with Gasteiger partial charge in [0.25, 0.3) is 0 Å². The van der Waals surface area contributed by atoms with Crippen LogP contribution < -0.4 is 14.8 Å². The number of hydrogen-bond acceptors (Lipinski definition) is 2. The Bertz CT molecular complexity index is 1070. The summed E-state index contributed by atoms with van der Waals surface area (Å²) in [6.45, 7) is 2.60. The molecule has 0 aliphatic rings. The van der Waals surface area contributed by atoms with Gasteiger partial charge in [-0.05, 0) is 18.6 Å². The molecule has 3 aromatic carbocycles. The maximum atomic E-state index is 15.1. The van der Waals surface area contributed by atoms with Crippen LogP contribution in [0.15, 0.2) is 78.9 Å². The fourth-order valence-corrected chi connectivity index (χ4v) is 8.04. The summed E-state index contributed by atoms with van der Waals surface area (Å²) in [5.74, 6) is -1.88. The van der Waals surface area contributed by atoms with Crippen LogP contribution in [0.25, 0.3) is 0 Å². The Kier molecular flexibility index (Phi) is 13.2. The highest BCUT2D eigenvalue weighted by molar-refractivity contribution is 6.93. The summed E-state index contributed by atoms with van der Waals surface area (Å²) >= 11 is 0. The summed E-state index contributed by atoms with van der Waals surface area (Å²) in [5, 5.41) is 1.41. The normalized spacial score (nSPS) is 12.0. The number of benzene rings is 3. The van der Waals surface area contributed by atoms with Crippen molar-refractivity contribution < 1.29 is 26.4 Å². The van der Waals surface area contributed by atoms with Gasteiger partial charge in [0.05, 0.1) is 5.56 Å². The zero-order valence-corrected chi connectivity index (χ0v) is 24.5. The van der Waals surface area contributed by atoms with Gasteiger partial charge in [-0.2, -0.15) is 13.2 Å². The molecule has 0 saturated heterocycles. The number of unbranched alkanes of at least 4 members (excludes halogenated alkanes) is 11. The molecule has 0 amide bonds. The lowest BCUT2D eigenvalue weighted by atomic mass is 10.1. The van der Waals surface area contributed by atoms with E-state index in [1.165, 1.54) is 69.9 Å². The monoisotopic (exact) mass is 574 g/mol. The second kappa shape index (κ2) is 16.6. The first-order valence-electron chi connectivity index (χ1n) is 14.7. The number of hydrogen-bond donors (Lipinski definition) is 0. The number of rotatable bonds is 18. The van der Waals surface area contributed by atoms with Crippen molar-refractivity contribution in [3.8, 4) is 5.75 Å². The van der Waals surface area contributed by atoms with Crippen LogP contribution in [-0.4, -0.2) is 15.2 Å². The highest BCUT2D eigenvalue weighted by Gasteiger charge is 2.46. The molecule has 0 saturated carbocycles. The van der Waals surface area contributed by atoms with Gasteiger partial charge in [0.2, 0.25) is 0 Å². The van der Waals surface area contributed by atoms with Crippen LogP contribution in [0, 0.1) is 5.82 Å². The predicted octanol–water partition coefficient (Wildman–Crippen LogP) is 9.20. The predicted molar refractivity (Wildman–Crippen MR) is 157 cm³/mol. The Morgan fingerprint density at radius 2 is 1.07 bits per heavy atom. The molecule has 3 aromatic rings. The van der Waals surface area contributed by atoms with Crippen LogP contribution in [0.3, 0.4) is 0 Å². The molecule has 40 heavy (non-hydrogen) atoms. The lowest BCUT2D eigenvalue weighted by Crippen LogP contribution is -2.66. The van der Waals surface area contributed by atoms with Crippen LogP contribution in [0.4, 0.5) is 17.6 Å². The molecule has 3 rings (SSSR count). The third-order valence-corrected chi connectivity index (χ3v) is 10.4. The van der Waals surface area contributed by atoms with Crippen molar-refractivity contribution in [2.75, 3.05) is 6.61 Å². The molecule has 0 aliphatic carbocycles. The van der Waals surface area contributed by atoms with E-state index in [4.69, 9.17) is 8.85 Å². The standard InChI is InChI=1S/C33H42F4O2Si/c1-2-3-4-5-6-7-8-9-10-11-12-19-27-38-40(28-21-15-13-16-22-28,29-23-17-14-18-24-29)39-31-26-20-25-30(32(31)34)33(35,36)37/h13-18,20-26H,2-12,19,27H2,1H3. The van der Waals surface area contributed by atoms with Crippen molar-refractivity contribution in [3.05, 3.63) is 90.2 Å². The smallest absolute Gasteiger partial charge is 0.468 e. The minimum Gasteiger partial charge on any atom is -0.511 e. The van der Waals surface area contributed by atoms with E-state index in [2.05, 4.69) is 6.92 Å². The van der Waals surface area contributed by atoms with E-state index < -0.39 is 31.9 Å². The van der Waals surface area contributed by atoms with Crippen molar-refractivity contribution >= 4 is 18.9 Å². The Morgan fingerprint density at radius 3 is 1.55 bits per heavy atom. The quantitative estimate of drug-likeness (QED) is 0.0857. The minimum absolute atomic E-state index is 0.369. The first-order valence-corrected chi connectivity index (χ1v) is 16.5. The zero-order valence-electron chi connectivity index (χ0n) is 23.5. The molecule has 0 radical (unpaired) electrons. The minimum atomic E-state index is -4.83. The van der Waals surface area contributed by atoms with E-state index in [1.807, 2.05) is 60.7 Å². The van der Waals surface area contributed by atoms with E-state index in [9.17, 15) is 13.2 Å². The summed E-state index contributed by atoms with van der Waals surface area (Å²) in [7, 11) is -3.61. The van der Waals surface area contributed by atoms with Crippen LogP contribution in [0.2, 0.25) is 0 Å². The largest absolute Gasteiger partial charge is 0.511 e. The van der Waals surface area contributed by atoms with Gasteiger partial charge in [-0.1, -0.05) is 144 Å². The van der Waals surface area contributed by atoms with Gasteiger partial charge in [0, 0.05) is 17.0 Å². The molecular weight excluding hydrogens is 532 g/mol. The van der Waals surface area contributed by atoms with Crippen LogP contribution in [0.5, 0.6) is 5.75 Å². The molecule has 0 aliphatic heterocycles. The third kappa shape index (κ3) is 9.48. The second-order valence-corrected chi connectivity index (χ2v) is 13.2. The fourth-order valence-electron chi connectivity index (χ4n) is 4.92. The molecule has 0 aromatic heterocycles. The van der Waals surface area contributed by atoms with E-state index in [0.717, 1.165) is 25.3 Å². The highest BCUT2D eigenvalue weighted by atomic mass is 28.4. The molecule has 2 nitrogen and oxygen atoms in total. The Labute approximate surface area is 238 Å². The second-order valence-electron chi connectivity index (χ2n) is 10.3. The Morgan fingerprint density at radius 1 is 0.600 bits per heavy atom. The van der Waals surface area contributed by atoms with Crippen molar-refractivity contribution in [2.24, 2.45) is 0 Å². The molecular formula is C33H42F4O2Si. The zero-order chi connectivity index (χ0) is 28.7. The SMILES string of the molecule is CCCCCCCCCCCCCCO[Si](Oc1cccc(C(F)(F)F)c1F)(c1ccccc1)c1ccccc1. The molecule has 7 heteroatoms. The van der Waals surface area contributed by atoms with E-state index in [-0.39, 0.29) is 0 Å². The van der Waals surface area contributed by atoms with Gasteiger partial charge >= 0.3 is 14.7 Å². The molecule has 0 bridgehead atoms. The first kappa shape index (κ1) is 31.9. The maximum Gasteiger partial charge on any atom is 0.468 e. The molecule has 0 atom stereocenters. The van der Waals surface area contributed by atoms with Crippen LogP contribution >= 0.6 is 0 Å². The van der Waals surface area contributed by atoms with Crippen molar-refractivity contribution in [3.63, 3.8) is 0 Å². The molecule has 0 unspecified atom stereocenters. The molecule has 0 heterocycles. The average molecular weight is 575 g/mol. The van der Waals surface area contributed by atoms with Crippen LogP contribution in [0.1, 0.15) is 89.5 Å². The van der Waals surface area contributed by atoms with Crippen molar-refractivity contribution in [1.82, 2.24) is 0 Å². The van der Waals surface area contributed by atoms with Crippen molar-refractivity contribution in [2.45, 2.75) is 90.1 Å². The van der Waals surface area contributed by atoms with Gasteiger partial charge in [0.1, 0.15) is 5.75 Å². The number of halogens is 4. The summed E-state index contributed by atoms with van der Waals surface area (Å²) in [6.07, 6.45) is 9.67. The summed E-state index contributed by atoms with van der Waals surface area (Å²) in [4.78, 5) is 0. The molecule has 0 N–H and O–H groups in total. The molecule has 0 spiro atoms. The summed E-state index contributed by atoms with van der Waals surface area (Å²) in [6, 6.07) is 21.5. The van der Waals surface area contributed by atoms with E-state index >= 15 is 4.39 Å². The lowest BCUT2D eigenvalue weighted by Gasteiger charge is -2.32. The topological polar surface area (TPSA) is 18.5 Å². The fraction of sp³-hybridized carbons (Fsp3) is 0.455. The average Bonchev–Trinajstić information content (AvgIpc) is 2.96. The van der Waals surface area contributed by atoms with Crippen molar-refractivity contribution in [1.29, 1.82) is 0 Å². The number of alkyl halides is 3. The maximum absolute atomic E-state index is 15.1. The Balaban J connectivity index is 1.68. The third-order valence-electron chi connectivity index (χ3n) is 7.13. The van der Waals surface area contributed by atoms with Gasteiger partial charge in [-0.3, -0.25) is 0 Å². The van der Waals surface area contributed by atoms with Gasteiger partial charge in [0.15, 0.2) is 5.82 Å². The molecule has 0 fully saturated rings. The van der Waals surface area contributed by atoms with Gasteiger partial charge in [-0.25, -0.2) is 4.39 Å². The summed E-state index contributed by atoms with van der Waals surface area (Å²) in [5.41, 5.74) is -1.35. The van der Waals surface area contributed by atoms with E-state index in [0.29, 0.717) is 17.0 Å². The Hall–Kier alpha value is -2.64. The van der Waals surface area contributed by atoms with Gasteiger partial charge in [-0.15, -0.1) is 0 Å². The van der Waals surface area contributed by atoms with Crippen LogP contribution in [-0.2, 0) is 10.6 Å². The first-order chi connectivity index (χ1) is 19.4. The summed E-state index contributed by atoms with van der Waals surface area (Å²) < 4.78 is 68.4. The van der Waals surface area contributed by atoms with E-state index in [1.54, 1.807) is 0 Å². The highest BCUT2D eigenvalue weighted by Crippen LogP contribution is 2.35.